The van der Waals surface area contributed by atoms with Crippen LogP contribution in [-0.2, 0) is 10.0 Å². The number of sulfonamides is 1. The van der Waals surface area contributed by atoms with E-state index < -0.39 is 10.0 Å². The van der Waals surface area contributed by atoms with E-state index in [1.807, 2.05) is 0 Å². The summed E-state index contributed by atoms with van der Waals surface area (Å²) in [6.07, 6.45) is 0. The topological polar surface area (TPSA) is 55.4 Å². The molecule has 0 amide bonds. The van der Waals surface area contributed by atoms with Crippen molar-refractivity contribution in [3.8, 4) is 5.75 Å². The molecule has 0 unspecified atom stereocenters. The Morgan fingerprint density at radius 2 is 1.85 bits per heavy atom. The van der Waals surface area contributed by atoms with Gasteiger partial charge in [-0.15, -0.1) is 0 Å². The number of ether oxygens (including phenoxy) is 1. The monoisotopic (exact) mass is 311 g/mol. The van der Waals surface area contributed by atoms with Gasteiger partial charge in [-0.05, 0) is 30.7 Å². The SMILES string of the molecule is COc1ccc(Cl)c(NS(=O)(=O)c2ccccc2C)c1. The molecule has 0 saturated heterocycles. The molecule has 6 heteroatoms. The molecule has 0 saturated carbocycles. The fourth-order valence-electron chi connectivity index (χ4n) is 1.77. The maximum Gasteiger partial charge on any atom is 0.262 e. The Kier molecular flexibility index (Phi) is 4.20. The van der Waals surface area contributed by atoms with Crippen LogP contribution in [0.25, 0.3) is 0 Å². The molecule has 0 spiro atoms. The first-order valence-electron chi connectivity index (χ1n) is 5.86. The Morgan fingerprint density at radius 3 is 2.50 bits per heavy atom. The van der Waals surface area contributed by atoms with Gasteiger partial charge in [0.25, 0.3) is 10.0 Å². The Balaban J connectivity index is 2.41. The van der Waals surface area contributed by atoms with Gasteiger partial charge in [-0.25, -0.2) is 8.42 Å². The first kappa shape index (κ1) is 14.7. The number of aryl methyl sites for hydroxylation is 1. The molecule has 0 aliphatic rings. The number of halogens is 1. The summed E-state index contributed by atoms with van der Waals surface area (Å²) in [5.41, 5.74) is 0.952. The minimum Gasteiger partial charge on any atom is -0.497 e. The number of nitrogens with one attached hydrogen (secondary N) is 1. The molecule has 0 aromatic heterocycles. The van der Waals surface area contributed by atoms with Crippen LogP contribution in [0.3, 0.4) is 0 Å². The van der Waals surface area contributed by atoms with Crippen LogP contribution in [0.15, 0.2) is 47.4 Å². The van der Waals surface area contributed by atoms with Crippen molar-refractivity contribution in [3.05, 3.63) is 53.1 Å². The summed E-state index contributed by atoms with van der Waals surface area (Å²) >= 11 is 6.00. The van der Waals surface area contributed by atoms with E-state index in [2.05, 4.69) is 4.72 Å². The molecular formula is C14H14ClNO3S. The highest BCUT2D eigenvalue weighted by molar-refractivity contribution is 7.92. The molecule has 0 heterocycles. The molecule has 20 heavy (non-hydrogen) atoms. The second kappa shape index (κ2) is 5.73. The lowest BCUT2D eigenvalue weighted by Crippen LogP contribution is -2.14. The molecule has 2 aromatic rings. The molecule has 1 N–H and O–H groups in total. The maximum absolute atomic E-state index is 12.4. The molecule has 0 aliphatic heterocycles. The lowest BCUT2D eigenvalue weighted by molar-refractivity contribution is 0.415. The minimum absolute atomic E-state index is 0.221. The fourth-order valence-corrected chi connectivity index (χ4v) is 3.31. The molecule has 4 nitrogen and oxygen atoms in total. The van der Waals surface area contributed by atoms with E-state index in [1.54, 1.807) is 43.3 Å². The van der Waals surface area contributed by atoms with Crippen molar-refractivity contribution in [2.24, 2.45) is 0 Å². The van der Waals surface area contributed by atoms with Gasteiger partial charge in [-0.2, -0.15) is 0 Å². The molecule has 0 atom stereocenters. The Morgan fingerprint density at radius 1 is 1.15 bits per heavy atom. The number of hydrogen-bond acceptors (Lipinski definition) is 3. The standard InChI is InChI=1S/C14H14ClNO3S/c1-10-5-3-4-6-14(10)20(17,18)16-13-9-11(19-2)7-8-12(13)15/h3-9,16H,1-2H3. The largest absolute Gasteiger partial charge is 0.497 e. The second-order valence-electron chi connectivity index (χ2n) is 4.22. The first-order chi connectivity index (χ1) is 9.44. The number of rotatable bonds is 4. The van der Waals surface area contributed by atoms with Crippen LogP contribution in [0.1, 0.15) is 5.56 Å². The van der Waals surface area contributed by atoms with Gasteiger partial charge < -0.3 is 4.74 Å². The average molecular weight is 312 g/mol. The highest BCUT2D eigenvalue weighted by Crippen LogP contribution is 2.29. The quantitative estimate of drug-likeness (QED) is 0.940. The van der Waals surface area contributed by atoms with Gasteiger partial charge in [0.05, 0.1) is 22.7 Å². The second-order valence-corrected chi connectivity index (χ2v) is 6.27. The minimum atomic E-state index is -3.68. The third-order valence-electron chi connectivity index (χ3n) is 2.80. The lowest BCUT2D eigenvalue weighted by atomic mass is 10.2. The van der Waals surface area contributed by atoms with Gasteiger partial charge in [0.1, 0.15) is 5.75 Å². The number of anilines is 1. The van der Waals surface area contributed by atoms with Gasteiger partial charge in [-0.1, -0.05) is 29.8 Å². The lowest BCUT2D eigenvalue weighted by Gasteiger charge is -2.12. The van der Waals surface area contributed by atoms with Gasteiger partial charge in [0, 0.05) is 6.07 Å². The highest BCUT2D eigenvalue weighted by atomic mass is 35.5. The van der Waals surface area contributed by atoms with Crippen molar-refractivity contribution < 1.29 is 13.2 Å². The fraction of sp³-hybridized carbons (Fsp3) is 0.143. The van der Waals surface area contributed by atoms with Crippen LogP contribution in [0.2, 0.25) is 5.02 Å². The molecule has 0 bridgehead atoms. The van der Waals surface area contributed by atoms with Crippen molar-refractivity contribution in [2.45, 2.75) is 11.8 Å². The zero-order valence-corrected chi connectivity index (χ0v) is 12.6. The van der Waals surface area contributed by atoms with E-state index in [0.717, 1.165) is 0 Å². The van der Waals surface area contributed by atoms with Gasteiger partial charge >= 0.3 is 0 Å². The summed E-state index contributed by atoms with van der Waals surface area (Å²) in [6, 6.07) is 11.5. The van der Waals surface area contributed by atoms with Crippen molar-refractivity contribution >= 4 is 27.3 Å². The van der Waals surface area contributed by atoms with Crippen LogP contribution in [0, 0.1) is 6.92 Å². The van der Waals surface area contributed by atoms with Crippen molar-refractivity contribution in [1.82, 2.24) is 0 Å². The average Bonchev–Trinajstić information content (AvgIpc) is 2.41. The van der Waals surface area contributed by atoms with E-state index >= 15 is 0 Å². The molecule has 0 fully saturated rings. The number of hydrogen-bond donors (Lipinski definition) is 1. The van der Waals surface area contributed by atoms with E-state index in [9.17, 15) is 8.42 Å². The summed E-state index contributed by atoms with van der Waals surface area (Å²) in [5, 5.41) is 0.308. The Hall–Kier alpha value is -1.72. The maximum atomic E-state index is 12.4. The Bertz CT molecular complexity index is 729. The van der Waals surface area contributed by atoms with Crippen LogP contribution < -0.4 is 9.46 Å². The molecular weight excluding hydrogens is 298 g/mol. The van der Waals surface area contributed by atoms with Crippen LogP contribution in [-0.4, -0.2) is 15.5 Å². The number of methoxy groups -OCH3 is 1. The van der Waals surface area contributed by atoms with Crippen molar-refractivity contribution in [1.29, 1.82) is 0 Å². The summed E-state index contributed by atoms with van der Waals surface area (Å²) in [7, 11) is -2.18. The van der Waals surface area contributed by atoms with E-state index in [4.69, 9.17) is 16.3 Å². The molecule has 2 aromatic carbocycles. The van der Waals surface area contributed by atoms with E-state index in [0.29, 0.717) is 16.3 Å². The van der Waals surface area contributed by atoms with Crippen LogP contribution in [0.5, 0.6) is 5.75 Å². The van der Waals surface area contributed by atoms with Crippen molar-refractivity contribution in [3.63, 3.8) is 0 Å². The van der Waals surface area contributed by atoms with E-state index in [1.165, 1.54) is 13.2 Å². The van der Waals surface area contributed by atoms with Crippen molar-refractivity contribution in [2.75, 3.05) is 11.8 Å². The first-order valence-corrected chi connectivity index (χ1v) is 7.72. The van der Waals surface area contributed by atoms with Gasteiger partial charge in [0.15, 0.2) is 0 Å². The summed E-state index contributed by atoms with van der Waals surface area (Å²) in [4.78, 5) is 0.221. The van der Waals surface area contributed by atoms with Crippen LogP contribution >= 0.6 is 11.6 Å². The zero-order chi connectivity index (χ0) is 14.8. The summed E-state index contributed by atoms with van der Waals surface area (Å²) in [5.74, 6) is 0.525. The highest BCUT2D eigenvalue weighted by Gasteiger charge is 2.18. The third-order valence-corrected chi connectivity index (χ3v) is 4.66. The van der Waals surface area contributed by atoms with Gasteiger partial charge in [0.2, 0.25) is 0 Å². The summed E-state index contributed by atoms with van der Waals surface area (Å²) in [6.45, 7) is 1.74. The predicted octanol–water partition coefficient (Wildman–Crippen LogP) is 3.46. The summed E-state index contributed by atoms with van der Waals surface area (Å²) < 4.78 is 32.3. The molecule has 106 valence electrons. The predicted molar refractivity (Wildman–Crippen MR) is 80.0 cm³/mol. The normalized spacial score (nSPS) is 11.2. The van der Waals surface area contributed by atoms with E-state index in [-0.39, 0.29) is 10.6 Å². The number of benzene rings is 2. The Labute approximate surface area is 123 Å². The molecule has 0 aliphatic carbocycles. The van der Waals surface area contributed by atoms with Gasteiger partial charge in [-0.3, -0.25) is 4.72 Å². The smallest absolute Gasteiger partial charge is 0.262 e. The zero-order valence-electron chi connectivity index (χ0n) is 11.1. The molecule has 0 radical (unpaired) electrons. The van der Waals surface area contributed by atoms with Crippen LogP contribution in [0.4, 0.5) is 5.69 Å². The third kappa shape index (κ3) is 3.05. The molecule has 2 rings (SSSR count).